The van der Waals surface area contributed by atoms with Gasteiger partial charge < -0.3 is 0 Å². The fourth-order valence-electron chi connectivity index (χ4n) is 6.56. The number of rotatable bonds is 3. The molecule has 8 heteroatoms. The van der Waals surface area contributed by atoms with Crippen molar-refractivity contribution in [2.45, 2.75) is 0 Å². The Morgan fingerprint density at radius 1 is 0.452 bits per heavy atom. The second kappa shape index (κ2) is 8.25. The number of fused-ring (bicyclic) bond motifs is 4. The summed E-state index contributed by atoms with van der Waals surface area (Å²) in [5.41, 5.74) is 3.94. The summed E-state index contributed by atoms with van der Waals surface area (Å²) in [4.78, 5) is 49.7. The molecule has 0 bridgehead atoms. The molecule has 0 fully saturated rings. The molecule has 0 saturated carbocycles. The van der Waals surface area contributed by atoms with E-state index in [2.05, 4.69) is 0 Å². The third kappa shape index (κ3) is 3.06. The van der Waals surface area contributed by atoms with Gasteiger partial charge in [0.25, 0.3) is 11.4 Å². The van der Waals surface area contributed by atoms with Crippen molar-refractivity contribution in [3.05, 3.63) is 140 Å². The highest BCUT2D eigenvalue weighted by Crippen LogP contribution is 2.49. The minimum absolute atomic E-state index is 0.0331. The predicted molar refractivity (Wildman–Crippen MR) is 158 cm³/mol. The number of ketones is 2. The Kier molecular flexibility index (Phi) is 4.68. The largest absolute Gasteiger partial charge is 0.289 e. The second-order valence-corrected chi connectivity index (χ2v) is 10.4. The lowest BCUT2D eigenvalue weighted by molar-refractivity contribution is -0.388. The molecule has 2 aliphatic carbocycles. The lowest BCUT2D eigenvalue weighted by Gasteiger charge is -2.23. The minimum atomic E-state index is -0.681. The first-order valence-electron chi connectivity index (χ1n) is 13.1. The van der Waals surface area contributed by atoms with Crippen LogP contribution in [0.2, 0.25) is 0 Å². The lowest BCUT2D eigenvalue weighted by atomic mass is 9.79. The highest BCUT2D eigenvalue weighted by molar-refractivity contribution is 6.29. The summed E-state index contributed by atoms with van der Waals surface area (Å²) >= 11 is 0. The van der Waals surface area contributed by atoms with Crippen LogP contribution in [0.25, 0.3) is 54.9 Å². The zero-order valence-corrected chi connectivity index (χ0v) is 21.6. The van der Waals surface area contributed by atoms with Gasteiger partial charge in [-0.2, -0.15) is 0 Å². The number of benzene rings is 6. The molecular weight excluding hydrogens is 532 g/mol. The second-order valence-electron chi connectivity index (χ2n) is 10.4. The normalized spacial score (nSPS) is 12.8. The molecule has 8 nitrogen and oxygen atoms in total. The van der Waals surface area contributed by atoms with Crippen molar-refractivity contribution >= 4 is 44.5 Å². The first kappa shape index (κ1) is 23.8. The van der Waals surface area contributed by atoms with Crippen molar-refractivity contribution < 1.29 is 19.4 Å². The van der Waals surface area contributed by atoms with Gasteiger partial charge in [-0.05, 0) is 62.9 Å². The Hall–Kier alpha value is -6.02. The molecule has 0 aromatic heterocycles. The number of hydrogen-bond acceptors (Lipinski definition) is 6. The number of nitro groups is 2. The molecule has 6 aromatic carbocycles. The molecule has 0 radical (unpaired) electrons. The number of hydrogen-bond donors (Lipinski definition) is 0. The molecule has 0 aliphatic heterocycles. The van der Waals surface area contributed by atoms with Crippen molar-refractivity contribution in [1.82, 2.24) is 0 Å². The number of carbonyl (C=O) groups excluding carboxylic acids is 2. The predicted octanol–water partition coefficient (Wildman–Crippen LogP) is 7.90. The third-order valence-corrected chi connectivity index (χ3v) is 8.29. The maximum atomic E-state index is 13.6. The summed E-state index contributed by atoms with van der Waals surface area (Å²) in [6, 6.07) is 28.0. The van der Waals surface area contributed by atoms with Gasteiger partial charge in [0.15, 0.2) is 5.78 Å². The van der Waals surface area contributed by atoms with E-state index in [1.165, 1.54) is 0 Å². The zero-order valence-electron chi connectivity index (χ0n) is 21.6. The van der Waals surface area contributed by atoms with Gasteiger partial charge in [-0.25, -0.2) is 0 Å². The van der Waals surface area contributed by atoms with Gasteiger partial charge in [0, 0.05) is 39.6 Å². The van der Waals surface area contributed by atoms with E-state index in [4.69, 9.17) is 0 Å². The Morgan fingerprint density at radius 3 is 1.57 bits per heavy atom. The summed E-state index contributed by atoms with van der Waals surface area (Å²) in [5.74, 6) is -0.649. The van der Waals surface area contributed by atoms with E-state index in [1.54, 1.807) is 18.2 Å². The van der Waals surface area contributed by atoms with Crippen LogP contribution in [0.4, 0.5) is 11.4 Å². The van der Waals surface area contributed by atoms with Gasteiger partial charge in [-0.1, -0.05) is 60.7 Å². The first-order chi connectivity index (χ1) is 20.3. The molecule has 2 aliphatic rings. The Labute approximate surface area is 236 Å². The lowest BCUT2D eigenvalue weighted by Crippen LogP contribution is -2.14. The Bertz CT molecular complexity index is 2300. The monoisotopic (exact) mass is 548 g/mol. The van der Waals surface area contributed by atoms with E-state index in [0.717, 1.165) is 39.6 Å². The van der Waals surface area contributed by atoms with E-state index in [9.17, 15) is 29.8 Å². The maximum Gasteiger partial charge on any atom is 0.281 e. The molecule has 0 amide bonds. The van der Waals surface area contributed by atoms with Crippen LogP contribution >= 0.6 is 0 Å². The Morgan fingerprint density at radius 2 is 0.952 bits per heavy atom. The highest BCUT2D eigenvalue weighted by Gasteiger charge is 2.37. The molecular formula is C34H16N2O6. The molecule has 0 spiro atoms. The van der Waals surface area contributed by atoms with Crippen molar-refractivity contribution in [3.63, 3.8) is 0 Å². The maximum absolute atomic E-state index is 13.6. The van der Waals surface area contributed by atoms with Crippen LogP contribution in [0, 0.1) is 20.2 Å². The third-order valence-electron chi connectivity index (χ3n) is 8.29. The Balaban J connectivity index is 1.48. The van der Waals surface area contributed by atoms with Gasteiger partial charge in [-0.3, -0.25) is 29.8 Å². The van der Waals surface area contributed by atoms with Crippen LogP contribution in [0.3, 0.4) is 0 Å². The van der Waals surface area contributed by atoms with Gasteiger partial charge >= 0.3 is 0 Å². The molecule has 0 saturated heterocycles. The van der Waals surface area contributed by atoms with E-state index < -0.39 is 21.3 Å². The molecule has 6 aromatic rings. The van der Waals surface area contributed by atoms with Crippen LogP contribution < -0.4 is 0 Å². The zero-order chi connectivity index (χ0) is 28.9. The standard InChI is InChI=1S/C34H16N2O6/c37-33-22-8-2-1-7-21(22)25-15-19(13-17-5-3-9-23(33)29(17)25)20-14-18-6-4-10-24-30(18)26(16-20)31-27(35(39)40)11-12-28(36(41)42)32(31)34(24)38/h1-16H. The van der Waals surface area contributed by atoms with Crippen LogP contribution in [0.5, 0.6) is 0 Å². The van der Waals surface area contributed by atoms with Gasteiger partial charge in [0.1, 0.15) is 5.56 Å². The number of nitrogens with zero attached hydrogens (tertiary/aromatic N) is 2. The van der Waals surface area contributed by atoms with E-state index in [0.29, 0.717) is 33.0 Å². The van der Waals surface area contributed by atoms with Crippen LogP contribution in [0.1, 0.15) is 31.8 Å². The van der Waals surface area contributed by atoms with Gasteiger partial charge in [0.05, 0.1) is 15.4 Å². The minimum Gasteiger partial charge on any atom is -0.289 e. The quantitative estimate of drug-likeness (QED) is 0.163. The van der Waals surface area contributed by atoms with Gasteiger partial charge in [0.2, 0.25) is 5.78 Å². The molecule has 42 heavy (non-hydrogen) atoms. The van der Waals surface area contributed by atoms with Crippen molar-refractivity contribution in [1.29, 1.82) is 0 Å². The number of carbonyl (C=O) groups is 2. The van der Waals surface area contributed by atoms with E-state index >= 15 is 0 Å². The summed E-state index contributed by atoms with van der Waals surface area (Å²) in [6.45, 7) is 0. The van der Waals surface area contributed by atoms with Crippen LogP contribution in [0.15, 0.2) is 97.1 Å². The van der Waals surface area contributed by atoms with E-state index in [-0.39, 0.29) is 28.2 Å². The molecule has 0 unspecified atom stereocenters. The first-order valence-corrected chi connectivity index (χ1v) is 13.1. The smallest absolute Gasteiger partial charge is 0.281 e. The van der Waals surface area contributed by atoms with Crippen LogP contribution in [-0.4, -0.2) is 21.4 Å². The number of nitro benzene ring substituents is 2. The fourth-order valence-corrected chi connectivity index (χ4v) is 6.56. The summed E-state index contributed by atoms with van der Waals surface area (Å²) < 4.78 is 0. The molecule has 8 rings (SSSR count). The summed E-state index contributed by atoms with van der Waals surface area (Å²) in [6.07, 6.45) is 0. The fraction of sp³-hybridized carbons (Fsp3) is 0. The molecule has 0 N–H and O–H groups in total. The molecule has 0 atom stereocenters. The van der Waals surface area contributed by atoms with Crippen molar-refractivity contribution in [2.75, 3.05) is 0 Å². The SMILES string of the molecule is O=C1c2ccccc2-c2cc(-c3cc4c5c(cccc5c3)C(=O)c3c([N+](=O)[O-])ccc([N+](=O)[O-])c3-4)cc3cccc1c23. The summed E-state index contributed by atoms with van der Waals surface area (Å²) in [5, 5.41) is 27.0. The molecule has 198 valence electrons. The van der Waals surface area contributed by atoms with Gasteiger partial charge in [-0.15, -0.1) is 0 Å². The highest BCUT2D eigenvalue weighted by atomic mass is 16.6. The summed E-state index contributed by atoms with van der Waals surface area (Å²) in [7, 11) is 0. The topological polar surface area (TPSA) is 120 Å². The van der Waals surface area contributed by atoms with Crippen molar-refractivity contribution in [2.24, 2.45) is 0 Å². The average molecular weight is 549 g/mol. The van der Waals surface area contributed by atoms with E-state index in [1.807, 2.05) is 66.7 Å². The average Bonchev–Trinajstić information content (AvgIpc) is 3.00. The van der Waals surface area contributed by atoms with Crippen LogP contribution in [-0.2, 0) is 0 Å². The molecule has 0 heterocycles. The van der Waals surface area contributed by atoms with Crippen molar-refractivity contribution in [3.8, 4) is 33.4 Å².